The molecule has 6 aromatic rings. The molecule has 8 aliphatic rings. The lowest BCUT2D eigenvalue weighted by atomic mass is 9.85. The number of nitrogens with zero attached hydrogens (tertiary/aromatic N) is 2. The number of hydrogen-bond acceptors (Lipinski definition) is 31. The highest BCUT2D eigenvalue weighted by Gasteiger charge is 2.53. The van der Waals surface area contributed by atoms with Gasteiger partial charge in [0, 0.05) is 74.1 Å². The molecule has 25 N–H and O–H groups in total. The number of phenolic OH excluding ortho intramolecular Hbond substituents is 3. The molecule has 48 heteroatoms. The summed E-state index contributed by atoms with van der Waals surface area (Å²) >= 11 is 14.3. The first-order valence-electron chi connectivity index (χ1n) is 40.5. The topological polar surface area (TPSA) is 637 Å². The van der Waals surface area contributed by atoms with E-state index >= 15 is 24.0 Å². The van der Waals surface area contributed by atoms with Gasteiger partial charge in [-0.1, -0.05) is 55.2 Å². The van der Waals surface area contributed by atoms with Crippen LogP contribution < -0.4 is 94.5 Å². The van der Waals surface area contributed by atoms with Gasteiger partial charge in [0.05, 0.1) is 41.3 Å². The fraction of sp³-hybridized carbons (Fsp3) is 0.427. The molecule has 3 fully saturated rings. The zero-order valence-electron chi connectivity index (χ0n) is 69.6. The molecule has 0 radical (unpaired) electrons. The lowest BCUT2D eigenvalue weighted by Gasteiger charge is -2.48. The number of phenols is 3. The maximum Gasteiger partial charge on any atom is 0.573 e. The minimum Gasteiger partial charge on any atom is -0.508 e. The van der Waals surface area contributed by atoms with Gasteiger partial charge in [-0.2, -0.15) is 0 Å². The van der Waals surface area contributed by atoms with Gasteiger partial charge < -0.3 is 138 Å². The number of nitrogens with two attached hydrogens (primary N) is 2. The van der Waals surface area contributed by atoms with Gasteiger partial charge in [-0.05, 0) is 140 Å². The van der Waals surface area contributed by atoms with Crippen LogP contribution in [0.3, 0.4) is 0 Å². The van der Waals surface area contributed by atoms with Crippen molar-refractivity contribution in [2.75, 3.05) is 58.2 Å². The van der Waals surface area contributed by atoms with Crippen molar-refractivity contribution in [3.8, 4) is 62.9 Å². The third kappa shape index (κ3) is 22.8. The van der Waals surface area contributed by atoms with Crippen molar-refractivity contribution in [1.29, 1.82) is 0 Å². The highest BCUT2D eigenvalue weighted by Crippen LogP contribution is 2.50. The van der Waals surface area contributed by atoms with E-state index in [2.05, 4.69) is 58.0 Å². The number of urea groups is 1. The van der Waals surface area contributed by atoms with Crippen LogP contribution in [0, 0.1) is 5.92 Å². The molecule has 0 aliphatic carbocycles. The summed E-state index contributed by atoms with van der Waals surface area (Å²) in [5, 5.41) is 131. The maximum absolute atomic E-state index is 16.3. The number of carbonyl (C=O) groups excluding carboxylic acids is 11. The van der Waals surface area contributed by atoms with Crippen molar-refractivity contribution in [3.63, 3.8) is 0 Å². The number of fused-ring (bicyclic) bond motifs is 15. The zero-order valence-corrected chi connectivity index (χ0v) is 71.1. The number of carbonyl (C=O) groups is 11. The fourth-order valence-electron chi connectivity index (χ4n) is 15.5. The predicted molar refractivity (Wildman–Crippen MR) is 444 cm³/mol. The molecule has 18 atom stereocenters. The largest absolute Gasteiger partial charge is 0.573 e. The number of amides is 12. The van der Waals surface area contributed by atoms with Gasteiger partial charge in [0.15, 0.2) is 23.9 Å². The monoisotopic (exact) mass is 1860 g/mol. The molecule has 6 aromatic carbocycles. The molecule has 11 bridgehead atoms. The van der Waals surface area contributed by atoms with E-state index in [0.29, 0.717) is 32.7 Å². The summed E-state index contributed by atoms with van der Waals surface area (Å²) in [5.41, 5.74) is 12.8. The number of anilines is 1. The number of rotatable bonds is 20. The molecule has 16 unspecified atom stereocenters. The average Bonchev–Trinajstić information content (AvgIpc) is 0.764. The summed E-state index contributed by atoms with van der Waals surface area (Å²) in [5.74, 6) is -20.4. The zero-order chi connectivity index (χ0) is 94.4. The van der Waals surface area contributed by atoms with Crippen molar-refractivity contribution in [3.05, 3.63) is 141 Å². The van der Waals surface area contributed by atoms with Crippen LogP contribution in [0.4, 0.5) is 23.7 Å². The second-order valence-electron chi connectivity index (χ2n) is 32.0. The molecule has 700 valence electrons. The third-order valence-electron chi connectivity index (χ3n) is 22.2. The number of ether oxygens (including phenoxy) is 7. The van der Waals surface area contributed by atoms with E-state index in [4.69, 9.17) is 63.1 Å². The van der Waals surface area contributed by atoms with Crippen molar-refractivity contribution in [2.45, 2.75) is 163 Å². The summed E-state index contributed by atoms with van der Waals surface area (Å²) in [4.78, 5) is 159. The van der Waals surface area contributed by atoms with Gasteiger partial charge in [-0.25, -0.2) is 9.80 Å². The smallest absolute Gasteiger partial charge is 0.508 e. The number of aromatic hydroxyl groups is 3. The van der Waals surface area contributed by atoms with Crippen molar-refractivity contribution in [1.82, 2.24) is 68.7 Å². The Balaban J connectivity index is 0.964. The molecule has 8 aliphatic heterocycles. The number of hydrazine groups is 2. The molecule has 12 amide bonds. The van der Waals surface area contributed by atoms with E-state index in [1.54, 1.807) is 31.2 Å². The van der Waals surface area contributed by atoms with Crippen LogP contribution in [0.25, 0.3) is 11.1 Å². The average molecular weight is 1860 g/mol. The summed E-state index contributed by atoms with van der Waals surface area (Å²) in [6.45, 7) is 7.78. The van der Waals surface area contributed by atoms with Crippen LogP contribution in [0.2, 0.25) is 10.0 Å². The second-order valence-corrected chi connectivity index (χ2v) is 32.8. The lowest BCUT2D eigenvalue weighted by molar-refractivity contribution is -0.334. The minimum absolute atomic E-state index is 0.141. The van der Waals surface area contributed by atoms with Gasteiger partial charge in [0.25, 0.3) is 5.91 Å². The van der Waals surface area contributed by atoms with Gasteiger partial charge in [-0.15, -0.1) is 13.2 Å². The SMILES string of the molecule is CNC(CC(C)C)C(=O)NC1C(=O)NC(CC(N)=O)C(=O)NC2C(=O)NC3C(=O)NC(C(=O)N[C@@H](C(=O)NNC(=O)C(N)=O)c4cc(O)cc(O)c4-c4cc3ccc4O)C(O)c3ccc(c(Cl)c3)Oc3cc2cc(c3OC2OC(CO)C(O)C(O)C2OC2C[C@](C)(NCCN3CCN(NC(=O)Nc4ccc(OC(F)(F)F)cc4)CC3)C(O)C(C)O2)Oc2ccc(cc2Cl)C1O. The quantitative estimate of drug-likeness (QED) is 0.0340. The molecule has 3 saturated heterocycles. The molecule has 8 heterocycles. The van der Waals surface area contributed by atoms with Crippen molar-refractivity contribution >= 4 is 94.0 Å². The molecule has 0 saturated carbocycles. The molecular formula is C82H95Cl2F3N16O27. The maximum atomic E-state index is 16.3. The van der Waals surface area contributed by atoms with Crippen LogP contribution in [-0.4, -0.2) is 259 Å². The normalized spacial score (nSPS) is 26.4. The number of aliphatic hydroxyl groups excluding tert-OH is 6. The fourth-order valence-corrected chi connectivity index (χ4v) is 16.0. The number of halogens is 5. The van der Waals surface area contributed by atoms with E-state index in [1.165, 1.54) is 32.2 Å². The van der Waals surface area contributed by atoms with E-state index in [-0.39, 0.29) is 42.1 Å². The van der Waals surface area contributed by atoms with E-state index in [1.807, 2.05) is 10.3 Å². The highest BCUT2D eigenvalue weighted by molar-refractivity contribution is 6.34. The van der Waals surface area contributed by atoms with Crippen molar-refractivity contribution in [2.24, 2.45) is 17.4 Å². The molecule has 43 nitrogen and oxygen atoms in total. The van der Waals surface area contributed by atoms with Gasteiger partial charge in [-0.3, -0.25) is 69.1 Å². The standard InChI is InChI=1S/C82H95Cl2F3N16O27/c1-33(2)22-46(90-5)71(115)97-61-63(109)36-7-14-50(44(83)24-36)125-52-26-38-27-53(67(52)129-79-68(66(112)65(111)54(32-104)127-79)128-56-31-81(4,69(113)34(3)124-56)91-16-17-102-18-20-103(21-19-102)101-80(123)92-39-9-11-41(12-10-39)130-82(85,86)87)126-51-15-8-37(25-45(51)84)64(110)62-76(120)96-60(77(121)99-100-78(122)70(89)114)43-28-40(105)29-49(107)57(43)42-23-35(6-13-48(42)106)58(73(117)98-62)95-74(118)59(38)94-72(116)47(30-55(88)108)93-75(61)119/h6-15,23-29,33-34,46-47,54,56,58-66,68-69,79,90-91,104-107,109-113H,16-22,30-32H2,1-5H3,(H2,88,108)(H2,89,114)(H,93,119)(H,94,116)(H,95,118)(H,96,120)(H,97,115)(H,98,117)(H,99,121)(H,100,122)(H2,92,101,123)/t34?,46?,47?,54?,56?,58?,59?,60-,61?,62?,63?,64?,65?,66?,68?,69?,79?,81+/m1/s1. The van der Waals surface area contributed by atoms with E-state index in [0.717, 1.165) is 84.9 Å². The number of alkyl halides is 3. The van der Waals surface area contributed by atoms with Gasteiger partial charge >= 0.3 is 24.2 Å². The summed E-state index contributed by atoms with van der Waals surface area (Å²) in [6.07, 6.45) is -24.5. The summed E-state index contributed by atoms with van der Waals surface area (Å²) in [7, 11) is 1.45. The van der Waals surface area contributed by atoms with Gasteiger partial charge in [0.1, 0.15) is 101 Å². The first kappa shape index (κ1) is 96.8. The Morgan fingerprint density at radius 2 is 1.32 bits per heavy atom. The lowest BCUT2D eigenvalue weighted by Crippen LogP contribution is -2.66. The van der Waals surface area contributed by atoms with Crippen LogP contribution in [-0.2, 0) is 62.2 Å². The number of benzene rings is 6. The van der Waals surface area contributed by atoms with Crippen LogP contribution in [0.1, 0.15) is 105 Å². The molecule has 0 aromatic heterocycles. The molecule has 0 spiro atoms. The predicted octanol–water partition coefficient (Wildman–Crippen LogP) is -0.462. The number of hydrogen-bond donors (Lipinski definition) is 23. The first-order valence-corrected chi connectivity index (χ1v) is 41.2. The Kier molecular flexibility index (Phi) is 30.4. The third-order valence-corrected chi connectivity index (χ3v) is 22.8. The number of likely N-dealkylation sites (N-methyl/N-ethyl adjacent to an activating group) is 1. The Morgan fingerprint density at radius 1 is 0.692 bits per heavy atom. The second kappa shape index (κ2) is 40.8. The molecular weight excluding hydrogens is 1770 g/mol. The number of aliphatic hydroxyl groups is 6. The Hall–Kier alpha value is -12.3. The van der Waals surface area contributed by atoms with E-state index in [9.17, 15) is 87.9 Å². The number of primary amides is 2. The summed E-state index contributed by atoms with van der Waals surface area (Å²) in [6, 6.07) is 2.11. The van der Waals surface area contributed by atoms with Crippen LogP contribution in [0.15, 0.2) is 103 Å². The number of piperazine rings is 1. The van der Waals surface area contributed by atoms with Crippen LogP contribution >= 0.6 is 23.2 Å². The van der Waals surface area contributed by atoms with E-state index < -0.39 is 283 Å². The first-order chi connectivity index (χ1) is 61.5. The van der Waals surface area contributed by atoms with Crippen molar-refractivity contribution < 1.29 is 145 Å². The Bertz CT molecular complexity index is 5300. The number of nitrogens with one attached hydrogen (secondary N) is 12. The minimum atomic E-state index is -4.92. The molecule has 130 heavy (non-hydrogen) atoms. The highest BCUT2D eigenvalue weighted by atomic mass is 35.5. The molecule has 14 rings (SSSR count). The van der Waals surface area contributed by atoms with Crippen LogP contribution in [0.5, 0.6) is 51.7 Å². The summed E-state index contributed by atoms with van der Waals surface area (Å²) < 4.78 is 81.5. The Labute approximate surface area is 746 Å². The Morgan fingerprint density at radius 3 is 1.92 bits per heavy atom. The van der Waals surface area contributed by atoms with Gasteiger partial charge in [0.2, 0.25) is 53.4 Å².